The predicted octanol–water partition coefficient (Wildman–Crippen LogP) is 1.37. The van der Waals surface area contributed by atoms with Gasteiger partial charge in [0.25, 0.3) is 5.91 Å². The first-order valence-corrected chi connectivity index (χ1v) is 7.21. The van der Waals surface area contributed by atoms with E-state index in [1.54, 1.807) is 0 Å². The smallest absolute Gasteiger partial charge is 0.294 e. The Balaban J connectivity index is 1.84. The molecular formula is C12H20N4OS. The van der Waals surface area contributed by atoms with Crippen molar-refractivity contribution in [2.75, 3.05) is 13.6 Å². The number of nitrogens with two attached hydrogens (primary N) is 1. The van der Waals surface area contributed by atoms with Crippen LogP contribution in [0.1, 0.15) is 41.2 Å². The van der Waals surface area contributed by atoms with Crippen LogP contribution in [0, 0.1) is 5.92 Å². The van der Waals surface area contributed by atoms with Crippen LogP contribution in [0.4, 0.5) is 0 Å². The lowest BCUT2D eigenvalue weighted by atomic mass is 10.1. The van der Waals surface area contributed by atoms with Gasteiger partial charge in [0.2, 0.25) is 0 Å². The molecule has 0 unspecified atom stereocenters. The summed E-state index contributed by atoms with van der Waals surface area (Å²) in [5.74, 6) is 5.60. The van der Waals surface area contributed by atoms with E-state index in [-0.39, 0.29) is 5.91 Å². The van der Waals surface area contributed by atoms with E-state index in [1.807, 2.05) is 5.38 Å². The Labute approximate surface area is 111 Å². The van der Waals surface area contributed by atoms with Crippen LogP contribution in [0.15, 0.2) is 5.38 Å². The molecule has 0 aliphatic heterocycles. The molecule has 0 saturated heterocycles. The molecule has 5 nitrogen and oxygen atoms in total. The normalized spacial score (nSPS) is 16.4. The second kappa shape index (κ2) is 6.26. The zero-order valence-electron chi connectivity index (χ0n) is 10.7. The SMILES string of the molecule is CN(Cc1csc(C(=O)NN)n1)CC1CCCC1. The number of hydrogen-bond acceptors (Lipinski definition) is 5. The van der Waals surface area contributed by atoms with Crippen molar-refractivity contribution >= 4 is 17.2 Å². The number of carbonyl (C=O) groups excluding carboxylic acids is 1. The average molecular weight is 268 g/mol. The first-order valence-electron chi connectivity index (χ1n) is 6.33. The van der Waals surface area contributed by atoms with Gasteiger partial charge in [-0.15, -0.1) is 11.3 Å². The summed E-state index contributed by atoms with van der Waals surface area (Å²) in [6.45, 7) is 1.92. The number of thiazole rings is 1. The maximum absolute atomic E-state index is 11.3. The second-order valence-corrected chi connectivity index (χ2v) is 5.82. The number of rotatable bonds is 5. The Morgan fingerprint density at radius 3 is 3.00 bits per heavy atom. The van der Waals surface area contributed by atoms with Crippen LogP contribution in [-0.2, 0) is 6.54 Å². The molecule has 0 radical (unpaired) electrons. The Kier molecular flexibility index (Phi) is 4.68. The fraction of sp³-hybridized carbons (Fsp3) is 0.667. The molecular weight excluding hydrogens is 248 g/mol. The van der Waals surface area contributed by atoms with Crippen molar-refractivity contribution in [1.29, 1.82) is 0 Å². The molecule has 1 aromatic rings. The summed E-state index contributed by atoms with van der Waals surface area (Å²) in [7, 11) is 2.11. The molecule has 1 aliphatic rings. The molecule has 1 aromatic heterocycles. The van der Waals surface area contributed by atoms with Crippen molar-refractivity contribution in [3.05, 3.63) is 16.1 Å². The fourth-order valence-electron chi connectivity index (χ4n) is 2.52. The van der Waals surface area contributed by atoms with Gasteiger partial charge in [0.15, 0.2) is 5.01 Å². The Morgan fingerprint density at radius 2 is 2.33 bits per heavy atom. The van der Waals surface area contributed by atoms with Crippen molar-refractivity contribution < 1.29 is 4.79 Å². The van der Waals surface area contributed by atoms with Crippen LogP contribution < -0.4 is 11.3 Å². The predicted molar refractivity (Wildman–Crippen MR) is 72.1 cm³/mol. The van der Waals surface area contributed by atoms with Gasteiger partial charge in [-0.1, -0.05) is 12.8 Å². The van der Waals surface area contributed by atoms with E-state index in [0.29, 0.717) is 5.01 Å². The van der Waals surface area contributed by atoms with Crippen LogP contribution in [-0.4, -0.2) is 29.4 Å². The molecule has 2 rings (SSSR count). The van der Waals surface area contributed by atoms with Crippen LogP contribution >= 0.6 is 11.3 Å². The van der Waals surface area contributed by atoms with E-state index >= 15 is 0 Å². The van der Waals surface area contributed by atoms with Crippen LogP contribution in [0.3, 0.4) is 0 Å². The van der Waals surface area contributed by atoms with E-state index < -0.39 is 0 Å². The Hall–Kier alpha value is -0.980. The van der Waals surface area contributed by atoms with Gasteiger partial charge < -0.3 is 4.90 Å². The maximum Gasteiger partial charge on any atom is 0.294 e. The molecule has 0 atom stereocenters. The molecule has 1 saturated carbocycles. The van der Waals surface area contributed by atoms with Crippen LogP contribution in [0.25, 0.3) is 0 Å². The van der Waals surface area contributed by atoms with Gasteiger partial charge in [-0.2, -0.15) is 0 Å². The number of carbonyl (C=O) groups is 1. The van der Waals surface area contributed by atoms with E-state index in [0.717, 1.165) is 24.7 Å². The van der Waals surface area contributed by atoms with Crippen molar-refractivity contribution in [2.45, 2.75) is 32.2 Å². The number of nitrogen functional groups attached to an aromatic ring is 1. The minimum Gasteiger partial charge on any atom is -0.300 e. The third kappa shape index (κ3) is 3.51. The summed E-state index contributed by atoms with van der Waals surface area (Å²) in [4.78, 5) is 17.9. The lowest BCUT2D eigenvalue weighted by Crippen LogP contribution is -2.30. The molecule has 1 fully saturated rings. The molecule has 0 spiro atoms. The topological polar surface area (TPSA) is 71.2 Å². The summed E-state index contributed by atoms with van der Waals surface area (Å²) < 4.78 is 0. The average Bonchev–Trinajstić information content (AvgIpc) is 2.99. The van der Waals surface area contributed by atoms with Crippen molar-refractivity contribution in [2.24, 2.45) is 11.8 Å². The molecule has 18 heavy (non-hydrogen) atoms. The molecule has 0 bridgehead atoms. The number of aromatic nitrogens is 1. The van der Waals surface area contributed by atoms with Gasteiger partial charge in [-0.05, 0) is 25.8 Å². The number of hydrazine groups is 1. The minimum atomic E-state index is -0.315. The number of amides is 1. The summed E-state index contributed by atoms with van der Waals surface area (Å²) in [6.07, 6.45) is 5.44. The van der Waals surface area contributed by atoms with Gasteiger partial charge in [0.05, 0.1) is 5.69 Å². The van der Waals surface area contributed by atoms with Gasteiger partial charge >= 0.3 is 0 Å². The van der Waals surface area contributed by atoms with E-state index in [4.69, 9.17) is 5.84 Å². The third-order valence-corrected chi connectivity index (χ3v) is 4.24. The summed E-state index contributed by atoms with van der Waals surface area (Å²) in [5.41, 5.74) is 3.05. The largest absolute Gasteiger partial charge is 0.300 e. The maximum atomic E-state index is 11.3. The van der Waals surface area contributed by atoms with Gasteiger partial charge in [-0.25, -0.2) is 10.8 Å². The molecule has 0 aromatic carbocycles. The highest BCUT2D eigenvalue weighted by molar-refractivity contribution is 7.11. The zero-order valence-corrected chi connectivity index (χ0v) is 11.5. The molecule has 1 aliphatic carbocycles. The standard InChI is InChI=1S/C12H20N4OS/c1-16(6-9-4-2-3-5-9)7-10-8-18-12(14-10)11(17)15-13/h8-9H,2-7,13H2,1H3,(H,15,17). The van der Waals surface area contributed by atoms with Gasteiger partial charge in [-0.3, -0.25) is 10.2 Å². The first-order chi connectivity index (χ1) is 8.69. The van der Waals surface area contributed by atoms with Crippen molar-refractivity contribution in [1.82, 2.24) is 15.3 Å². The molecule has 1 heterocycles. The molecule has 3 N–H and O–H groups in total. The highest BCUT2D eigenvalue weighted by atomic mass is 32.1. The highest BCUT2D eigenvalue weighted by Gasteiger charge is 2.17. The second-order valence-electron chi connectivity index (χ2n) is 4.96. The minimum absolute atomic E-state index is 0.315. The molecule has 100 valence electrons. The van der Waals surface area contributed by atoms with Crippen molar-refractivity contribution in [3.63, 3.8) is 0 Å². The van der Waals surface area contributed by atoms with Gasteiger partial charge in [0.1, 0.15) is 0 Å². The zero-order chi connectivity index (χ0) is 13.0. The number of nitrogens with one attached hydrogen (secondary N) is 1. The summed E-state index contributed by atoms with van der Waals surface area (Å²) in [6, 6.07) is 0. The van der Waals surface area contributed by atoms with E-state index in [9.17, 15) is 4.79 Å². The van der Waals surface area contributed by atoms with Crippen molar-refractivity contribution in [3.8, 4) is 0 Å². The fourth-order valence-corrected chi connectivity index (χ4v) is 3.23. The number of nitrogens with zero attached hydrogens (tertiary/aromatic N) is 2. The number of hydrogen-bond donors (Lipinski definition) is 2. The molecule has 1 amide bonds. The summed E-state index contributed by atoms with van der Waals surface area (Å²) in [5, 5.41) is 2.36. The molecule has 6 heteroatoms. The third-order valence-electron chi connectivity index (χ3n) is 3.35. The van der Waals surface area contributed by atoms with E-state index in [2.05, 4.69) is 22.4 Å². The Morgan fingerprint density at radius 1 is 1.61 bits per heavy atom. The van der Waals surface area contributed by atoms with E-state index in [1.165, 1.54) is 37.0 Å². The van der Waals surface area contributed by atoms with Gasteiger partial charge in [0, 0.05) is 18.5 Å². The summed E-state index contributed by atoms with van der Waals surface area (Å²) >= 11 is 1.34. The van der Waals surface area contributed by atoms with Crippen LogP contribution in [0.5, 0.6) is 0 Å². The van der Waals surface area contributed by atoms with Crippen LogP contribution in [0.2, 0.25) is 0 Å². The first kappa shape index (κ1) is 13.5. The monoisotopic (exact) mass is 268 g/mol. The quantitative estimate of drug-likeness (QED) is 0.480. The highest BCUT2D eigenvalue weighted by Crippen LogP contribution is 2.25. The lowest BCUT2D eigenvalue weighted by molar-refractivity contribution is 0.0953. The lowest BCUT2D eigenvalue weighted by Gasteiger charge is -2.19. The Bertz CT molecular complexity index is 401.